The van der Waals surface area contributed by atoms with Gasteiger partial charge in [-0.2, -0.15) is 0 Å². The summed E-state index contributed by atoms with van der Waals surface area (Å²) in [4.78, 5) is 14.3. The van der Waals surface area contributed by atoms with Crippen LogP contribution in [-0.2, 0) is 0 Å². The molecule has 1 amide bonds. The normalized spacial score (nSPS) is 10.7. The van der Waals surface area contributed by atoms with Gasteiger partial charge in [-0.3, -0.25) is 4.79 Å². The first-order chi connectivity index (χ1) is 9.97. The molecule has 0 atom stereocenters. The predicted molar refractivity (Wildman–Crippen MR) is 82.5 cm³/mol. The van der Waals surface area contributed by atoms with Gasteiger partial charge < -0.3 is 20.2 Å². The van der Waals surface area contributed by atoms with Crippen LogP contribution in [-0.4, -0.2) is 24.2 Å². The predicted octanol–water partition coefficient (Wildman–Crippen LogP) is 2.43. The summed E-state index contributed by atoms with van der Waals surface area (Å²) < 4.78 is 5.52. The third kappa shape index (κ3) is 2.78. The van der Waals surface area contributed by atoms with Gasteiger partial charge in [0.1, 0.15) is 11.5 Å². The van der Waals surface area contributed by atoms with E-state index in [9.17, 15) is 9.90 Å². The third-order valence-corrected chi connectivity index (χ3v) is 3.57. The summed E-state index contributed by atoms with van der Waals surface area (Å²) in [6.45, 7) is 5.47. The molecule has 112 valence electrons. The zero-order chi connectivity index (χ0) is 15.6. The highest BCUT2D eigenvalue weighted by molar-refractivity contribution is 6.09. The minimum Gasteiger partial charge on any atom is -0.466 e. The van der Waals surface area contributed by atoms with E-state index in [2.05, 4.69) is 0 Å². The monoisotopic (exact) mass is 288 g/mol. The van der Waals surface area contributed by atoms with Gasteiger partial charge in [-0.25, -0.2) is 0 Å². The molecular weight excluding hydrogens is 268 g/mol. The Hall–Kier alpha value is -2.27. The van der Waals surface area contributed by atoms with Gasteiger partial charge in [0.25, 0.3) is 5.91 Å². The van der Waals surface area contributed by atoms with Crippen molar-refractivity contribution in [2.24, 2.45) is 0 Å². The third-order valence-electron chi connectivity index (χ3n) is 3.57. The van der Waals surface area contributed by atoms with E-state index in [1.54, 1.807) is 25.1 Å². The summed E-state index contributed by atoms with van der Waals surface area (Å²) in [5.41, 5.74) is 8.38. The molecule has 1 aromatic heterocycles. The van der Waals surface area contributed by atoms with E-state index < -0.39 is 0 Å². The van der Waals surface area contributed by atoms with Gasteiger partial charge in [0.05, 0.1) is 23.5 Å². The van der Waals surface area contributed by atoms with Crippen LogP contribution in [0, 0.1) is 20.8 Å². The van der Waals surface area contributed by atoms with Crippen molar-refractivity contribution in [2.45, 2.75) is 20.8 Å². The van der Waals surface area contributed by atoms with Gasteiger partial charge >= 0.3 is 0 Å². The Morgan fingerprint density at radius 1 is 1.24 bits per heavy atom. The van der Waals surface area contributed by atoms with Crippen LogP contribution in [0.5, 0.6) is 0 Å². The van der Waals surface area contributed by atoms with E-state index in [1.807, 2.05) is 19.9 Å². The van der Waals surface area contributed by atoms with Gasteiger partial charge in [-0.1, -0.05) is 12.1 Å². The average molecular weight is 288 g/mol. The number of carbonyl (C=O) groups excluding carboxylic acids is 1. The van der Waals surface area contributed by atoms with Crippen LogP contribution in [0.4, 0.5) is 11.4 Å². The first-order valence-corrected chi connectivity index (χ1v) is 6.81. The van der Waals surface area contributed by atoms with Gasteiger partial charge in [0.2, 0.25) is 0 Å². The number of hydrogen-bond donors (Lipinski definition) is 2. The van der Waals surface area contributed by atoms with E-state index in [4.69, 9.17) is 10.2 Å². The van der Waals surface area contributed by atoms with Crippen molar-refractivity contribution in [3.8, 4) is 0 Å². The lowest BCUT2D eigenvalue weighted by Crippen LogP contribution is -2.34. The molecule has 0 unspecified atom stereocenters. The van der Waals surface area contributed by atoms with Crippen LogP contribution in [0.3, 0.4) is 0 Å². The minimum absolute atomic E-state index is 0.144. The minimum atomic E-state index is -0.214. The summed E-state index contributed by atoms with van der Waals surface area (Å²) >= 11 is 0. The summed E-state index contributed by atoms with van der Waals surface area (Å²) in [5.74, 6) is 1.09. The summed E-state index contributed by atoms with van der Waals surface area (Å²) in [6, 6.07) is 7.11. The molecule has 0 fully saturated rings. The Labute approximate surface area is 124 Å². The van der Waals surface area contributed by atoms with E-state index in [0.29, 0.717) is 22.7 Å². The number of nitrogen functional groups attached to an aromatic ring is 1. The number of furan rings is 1. The highest BCUT2D eigenvalue weighted by Gasteiger charge is 2.25. The molecule has 2 rings (SSSR count). The molecule has 1 aromatic carbocycles. The first-order valence-electron chi connectivity index (χ1n) is 6.81. The Morgan fingerprint density at radius 3 is 2.43 bits per heavy atom. The second kappa shape index (κ2) is 6.01. The Bertz CT molecular complexity index is 662. The molecular formula is C16H20N2O3. The Morgan fingerprint density at radius 2 is 1.90 bits per heavy atom. The van der Waals surface area contributed by atoms with E-state index >= 15 is 0 Å². The molecule has 0 saturated carbocycles. The SMILES string of the molecule is Cc1oc(C)c(C(=O)N(CCO)c2ccccc2N)c1C. The second-order valence-electron chi connectivity index (χ2n) is 4.95. The maximum atomic E-state index is 12.8. The molecule has 21 heavy (non-hydrogen) atoms. The van der Waals surface area contributed by atoms with Crippen molar-refractivity contribution < 1.29 is 14.3 Å². The van der Waals surface area contributed by atoms with Gasteiger partial charge in [-0.05, 0) is 32.9 Å². The van der Waals surface area contributed by atoms with Crippen molar-refractivity contribution in [1.29, 1.82) is 0 Å². The molecule has 0 spiro atoms. The summed E-state index contributed by atoms with van der Waals surface area (Å²) in [5, 5.41) is 9.27. The molecule has 5 heteroatoms. The highest BCUT2D eigenvalue weighted by Crippen LogP contribution is 2.28. The topological polar surface area (TPSA) is 79.7 Å². The Kier molecular flexibility index (Phi) is 4.33. The molecule has 0 aliphatic carbocycles. The second-order valence-corrected chi connectivity index (χ2v) is 4.95. The number of anilines is 2. The highest BCUT2D eigenvalue weighted by atomic mass is 16.3. The molecule has 3 N–H and O–H groups in total. The van der Waals surface area contributed by atoms with Crippen molar-refractivity contribution in [3.63, 3.8) is 0 Å². The zero-order valence-corrected chi connectivity index (χ0v) is 12.5. The number of hydrogen-bond acceptors (Lipinski definition) is 4. The number of benzene rings is 1. The number of aliphatic hydroxyl groups excluding tert-OH is 1. The fourth-order valence-electron chi connectivity index (χ4n) is 2.41. The standard InChI is InChI=1S/C16H20N2O3/c1-10-11(2)21-12(3)15(10)16(20)18(8-9-19)14-7-5-4-6-13(14)17/h4-7,19H,8-9,17H2,1-3H3. The largest absolute Gasteiger partial charge is 0.466 e. The van der Waals surface area contributed by atoms with Gasteiger partial charge in [-0.15, -0.1) is 0 Å². The van der Waals surface area contributed by atoms with Crippen LogP contribution >= 0.6 is 0 Å². The maximum absolute atomic E-state index is 12.8. The maximum Gasteiger partial charge on any atom is 0.262 e. The van der Waals surface area contributed by atoms with Crippen LogP contribution in [0.1, 0.15) is 27.4 Å². The first kappa shape index (κ1) is 15.1. The van der Waals surface area contributed by atoms with E-state index in [-0.39, 0.29) is 19.1 Å². The van der Waals surface area contributed by atoms with Crippen molar-refractivity contribution in [2.75, 3.05) is 23.8 Å². The lowest BCUT2D eigenvalue weighted by atomic mass is 10.1. The average Bonchev–Trinajstić information content (AvgIpc) is 2.70. The molecule has 0 aliphatic rings. The number of carbonyl (C=O) groups is 1. The van der Waals surface area contributed by atoms with Crippen molar-refractivity contribution in [1.82, 2.24) is 0 Å². The molecule has 0 radical (unpaired) electrons. The van der Waals surface area contributed by atoms with Gasteiger partial charge in [0, 0.05) is 12.1 Å². The number of aliphatic hydroxyl groups is 1. The molecule has 0 aliphatic heterocycles. The van der Waals surface area contributed by atoms with Crippen LogP contribution in [0.2, 0.25) is 0 Å². The molecule has 1 heterocycles. The summed E-state index contributed by atoms with van der Waals surface area (Å²) in [7, 11) is 0. The summed E-state index contributed by atoms with van der Waals surface area (Å²) in [6.07, 6.45) is 0. The molecule has 0 saturated heterocycles. The van der Waals surface area contributed by atoms with Crippen molar-refractivity contribution >= 4 is 17.3 Å². The van der Waals surface area contributed by atoms with Crippen LogP contribution in [0.25, 0.3) is 0 Å². The van der Waals surface area contributed by atoms with Crippen molar-refractivity contribution in [3.05, 3.63) is 46.9 Å². The Balaban J connectivity index is 2.48. The van der Waals surface area contributed by atoms with Crippen LogP contribution < -0.4 is 10.6 Å². The smallest absolute Gasteiger partial charge is 0.262 e. The number of nitrogens with zero attached hydrogens (tertiary/aromatic N) is 1. The quantitative estimate of drug-likeness (QED) is 0.847. The molecule has 2 aromatic rings. The number of amides is 1. The lowest BCUT2D eigenvalue weighted by Gasteiger charge is -2.23. The molecule has 5 nitrogen and oxygen atoms in total. The fraction of sp³-hybridized carbons (Fsp3) is 0.312. The number of nitrogens with two attached hydrogens (primary N) is 1. The number of para-hydroxylation sites is 2. The lowest BCUT2D eigenvalue weighted by molar-refractivity contribution is 0.0979. The molecule has 0 bridgehead atoms. The number of aryl methyl sites for hydroxylation is 2. The zero-order valence-electron chi connectivity index (χ0n) is 12.5. The van der Waals surface area contributed by atoms with Crippen LogP contribution in [0.15, 0.2) is 28.7 Å². The van der Waals surface area contributed by atoms with E-state index in [0.717, 1.165) is 11.3 Å². The number of rotatable bonds is 4. The van der Waals surface area contributed by atoms with E-state index in [1.165, 1.54) is 4.90 Å². The van der Waals surface area contributed by atoms with Gasteiger partial charge in [0.15, 0.2) is 0 Å². The fourth-order valence-corrected chi connectivity index (χ4v) is 2.41.